The van der Waals surface area contributed by atoms with Crippen LogP contribution in [0.5, 0.6) is 0 Å². The fourth-order valence-electron chi connectivity index (χ4n) is 4.35. The molecule has 0 bridgehead atoms. The summed E-state index contributed by atoms with van der Waals surface area (Å²) in [5.41, 5.74) is 0.244. The zero-order valence-corrected chi connectivity index (χ0v) is 17.9. The minimum atomic E-state index is -4.52. The second-order valence-corrected chi connectivity index (χ2v) is 8.48. The minimum Gasteiger partial charge on any atom is -0.358 e. The van der Waals surface area contributed by atoms with Crippen LogP contribution in [0.4, 0.5) is 18.9 Å². The maximum atomic E-state index is 13.1. The number of nitrogens with zero attached hydrogens (tertiary/aromatic N) is 1. The second-order valence-electron chi connectivity index (χ2n) is 8.10. The van der Waals surface area contributed by atoms with E-state index in [2.05, 4.69) is 10.6 Å². The van der Waals surface area contributed by atoms with Gasteiger partial charge >= 0.3 is 6.18 Å². The molecule has 0 radical (unpaired) electrons. The van der Waals surface area contributed by atoms with Crippen LogP contribution in [-0.4, -0.2) is 23.0 Å². The smallest absolute Gasteiger partial charge is 0.358 e. The molecule has 1 aliphatic heterocycles. The van der Waals surface area contributed by atoms with Crippen molar-refractivity contribution in [3.05, 3.63) is 65.7 Å². The Bertz CT molecular complexity index is 1030. The van der Waals surface area contributed by atoms with Gasteiger partial charge in [-0.1, -0.05) is 36.4 Å². The number of alkyl halides is 3. The largest absolute Gasteiger partial charge is 0.416 e. The lowest BCUT2D eigenvalue weighted by atomic mass is 9.76. The Morgan fingerprint density at radius 1 is 1.12 bits per heavy atom. The number of carbonyl (C=O) groups is 2. The molecule has 5 nitrogen and oxygen atoms in total. The van der Waals surface area contributed by atoms with Crippen molar-refractivity contribution < 1.29 is 22.8 Å². The van der Waals surface area contributed by atoms with Crippen molar-refractivity contribution in [1.29, 1.82) is 0 Å². The van der Waals surface area contributed by atoms with E-state index < -0.39 is 17.7 Å². The van der Waals surface area contributed by atoms with Gasteiger partial charge in [0.15, 0.2) is 5.11 Å². The predicted octanol–water partition coefficient (Wildman–Crippen LogP) is 4.03. The lowest BCUT2D eigenvalue weighted by Gasteiger charge is -2.43. The third-order valence-electron chi connectivity index (χ3n) is 6.01. The Kier molecular flexibility index (Phi) is 6.19. The SMILES string of the molecule is O=C(NCc1ccccc1)C1CCC2C(=O)N(c3cccc(C(F)(F)F)c3)C(=S)NC2C1. The summed E-state index contributed by atoms with van der Waals surface area (Å²) in [5.74, 6) is -1.12. The summed E-state index contributed by atoms with van der Waals surface area (Å²) >= 11 is 5.32. The number of carbonyl (C=O) groups excluding carboxylic acids is 2. The maximum Gasteiger partial charge on any atom is 0.416 e. The molecule has 1 heterocycles. The van der Waals surface area contributed by atoms with Gasteiger partial charge in [0.2, 0.25) is 11.8 Å². The number of thiocarbonyl (C=S) groups is 1. The van der Waals surface area contributed by atoms with Gasteiger partial charge in [0, 0.05) is 18.5 Å². The zero-order valence-electron chi connectivity index (χ0n) is 17.1. The van der Waals surface area contributed by atoms with Crippen LogP contribution in [0.2, 0.25) is 0 Å². The highest BCUT2D eigenvalue weighted by atomic mass is 32.1. The first-order valence-corrected chi connectivity index (χ1v) is 10.8. The number of fused-ring (bicyclic) bond motifs is 1. The molecular weight excluding hydrogens is 439 g/mol. The average Bonchev–Trinajstić information content (AvgIpc) is 2.77. The van der Waals surface area contributed by atoms with Crippen LogP contribution < -0.4 is 15.5 Å². The molecule has 32 heavy (non-hydrogen) atoms. The molecule has 0 aromatic heterocycles. The number of halogens is 3. The molecule has 2 aliphatic rings. The molecule has 2 N–H and O–H groups in total. The Morgan fingerprint density at radius 2 is 1.88 bits per heavy atom. The van der Waals surface area contributed by atoms with Gasteiger partial charge in [-0.15, -0.1) is 0 Å². The van der Waals surface area contributed by atoms with Crippen LogP contribution in [0.25, 0.3) is 0 Å². The number of benzene rings is 2. The molecule has 2 aromatic rings. The summed E-state index contributed by atoms with van der Waals surface area (Å²) in [6, 6.07) is 13.8. The molecule has 3 unspecified atom stereocenters. The first-order chi connectivity index (χ1) is 15.2. The van der Waals surface area contributed by atoms with Gasteiger partial charge in [-0.05, 0) is 55.2 Å². The molecular formula is C23H22F3N3O2S. The quantitative estimate of drug-likeness (QED) is 0.675. The standard InChI is InChI=1S/C23H22F3N3O2S/c24-23(25,26)16-7-4-8-17(12-16)29-21(31)18-10-9-15(11-19(18)28-22(29)32)20(30)27-13-14-5-2-1-3-6-14/h1-8,12,15,18-19H,9-11,13H2,(H,27,30)(H,28,32). The van der Waals surface area contributed by atoms with E-state index in [-0.39, 0.29) is 34.6 Å². The summed E-state index contributed by atoms with van der Waals surface area (Å²) in [6.45, 7) is 0.429. The van der Waals surface area contributed by atoms with Crippen molar-refractivity contribution in [3.63, 3.8) is 0 Å². The number of nitrogens with one attached hydrogen (secondary N) is 2. The Balaban J connectivity index is 1.43. The maximum absolute atomic E-state index is 13.1. The summed E-state index contributed by atoms with van der Waals surface area (Å²) in [4.78, 5) is 26.9. The van der Waals surface area contributed by atoms with Gasteiger partial charge in [0.25, 0.3) is 0 Å². The van der Waals surface area contributed by atoms with Gasteiger partial charge in [-0.3, -0.25) is 14.5 Å². The lowest BCUT2D eigenvalue weighted by molar-refractivity contribution is -0.137. The third-order valence-corrected chi connectivity index (χ3v) is 6.31. The van der Waals surface area contributed by atoms with Gasteiger partial charge < -0.3 is 10.6 Å². The van der Waals surface area contributed by atoms with E-state index in [4.69, 9.17) is 12.2 Å². The highest BCUT2D eigenvalue weighted by Gasteiger charge is 2.45. The van der Waals surface area contributed by atoms with Crippen molar-refractivity contribution in [2.75, 3.05) is 4.90 Å². The van der Waals surface area contributed by atoms with Gasteiger partial charge in [-0.25, -0.2) is 0 Å². The molecule has 9 heteroatoms. The Hall–Kier alpha value is -2.94. The normalized spacial score (nSPS) is 23.3. The minimum absolute atomic E-state index is 0.0564. The summed E-state index contributed by atoms with van der Waals surface area (Å²) < 4.78 is 39.3. The van der Waals surface area contributed by atoms with Crippen molar-refractivity contribution >= 4 is 34.8 Å². The third kappa shape index (κ3) is 4.62. The Morgan fingerprint density at radius 3 is 2.59 bits per heavy atom. The van der Waals surface area contributed by atoms with E-state index in [1.807, 2.05) is 30.3 Å². The van der Waals surface area contributed by atoms with E-state index in [1.54, 1.807) is 0 Å². The van der Waals surface area contributed by atoms with Crippen LogP contribution in [0.15, 0.2) is 54.6 Å². The number of hydrogen-bond acceptors (Lipinski definition) is 3. The molecule has 2 aromatic carbocycles. The number of amides is 2. The fourth-order valence-corrected chi connectivity index (χ4v) is 4.69. The van der Waals surface area contributed by atoms with Gasteiger partial charge in [0.1, 0.15) is 0 Å². The molecule has 0 spiro atoms. The topological polar surface area (TPSA) is 61.4 Å². The number of anilines is 1. The highest BCUT2D eigenvalue weighted by molar-refractivity contribution is 7.80. The Labute approximate surface area is 189 Å². The van der Waals surface area contributed by atoms with Crippen LogP contribution in [0.3, 0.4) is 0 Å². The summed E-state index contributed by atoms with van der Waals surface area (Å²) in [7, 11) is 0. The van der Waals surface area contributed by atoms with E-state index in [0.717, 1.165) is 22.6 Å². The van der Waals surface area contributed by atoms with E-state index >= 15 is 0 Å². The van der Waals surface area contributed by atoms with Gasteiger partial charge in [-0.2, -0.15) is 13.2 Å². The van der Waals surface area contributed by atoms with E-state index in [0.29, 0.717) is 25.8 Å². The number of hydrogen-bond donors (Lipinski definition) is 2. The molecule has 3 atom stereocenters. The van der Waals surface area contributed by atoms with Crippen molar-refractivity contribution in [2.24, 2.45) is 11.8 Å². The molecule has 2 amide bonds. The molecule has 1 saturated heterocycles. The van der Waals surface area contributed by atoms with Crippen molar-refractivity contribution in [2.45, 2.75) is 38.0 Å². The van der Waals surface area contributed by atoms with Crippen LogP contribution in [0.1, 0.15) is 30.4 Å². The zero-order chi connectivity index (χ0) is 22.9. The summed E-state index contributed by atoms with van der Waals surface area (Å²) in [6.07, 6.45) is -3.10. The first-order valence-electron chi connectivity index (χ1n) is 10.4. The lowest BCUT2D eigenvalue weighted by Crippen LogP contribution is -2.62. The van der Waals surface area contributed by atoms with Crippen LogP contribution in [-0.2, 0) is 22.3 Å². The molecule has 4 rings (SSSR count). The van der Waals surface area contributed by atoms with E-state index in [1.165, 1.54) is 12.1 Å². The monoisotopic (exact) mass is 461 g/mol. The van der Waals surface area contributed by atoms with Crippen LogP contribution >= 0.6 is 12.2 Å². The fraction of sp³-hybridized carbons (Fsp3) is 0.348. The summed E-state index contributed by atoms with van der Waals surface area (Å²) in [5, 5.41) is 6.09. The highest BCUT2D eigenvalue weighted by Crippen LogP contribution is 2.36. The van der Waals surface area contributed by atoms with Crippen molar-refractivity contribution in [1.82, 2.24) is 10.6 Å². The molecule has 168 valence electrons. The molecule has 1 saturated carbocycles. The van der Waals surface area contributed by atoms with Crippen LogP contribution in [0, 0.1) is 11.8 Å². The molecule has 1 aliphatic carbocycles. The van der Waals surface area contributed by atoms with E-state index in [9.17, 15) is 22.8 Å². The van der Waals surface area contributed by atoms with Gasteiger partial charge in [0.05, 0.1) is 17.2 Å². The molecule has 2 fully saturated rings. The predicted molar refractivity (Wildman–Crippen MR) is 118 cm³/mol. The average molecular weight is 462 g/mol. The first kappa shape index (κ1) is 22.3. The second kappa shape index (κ2) is 8.90. The van der Waals surface area contributed by atoms with Crippen molar-refractivity contribution in [3.8, 4) is 0 Å². The number of rotatable bonds is 4.